The molecule has 29 heavy (non-hydrogen) atoms. The summed E-state index contributed by atoms with van der Waals surface area (Å²) < 4.78 is 10.8. The van der Waals surface area contributed by atoms with Crippen LogP contribution in [-0.2, 0) is 17.9 Å². The number of rotatable bonds is 11. The van der Waals surface area contributed by atoms with Crippen molar-refractivity contribution in [3.05, 3.63) is 59.5 Å². The van der Waals surface area contributed by atoms with E-state index in [-0.39, 0.29) is 11.9 Å². The van der Waals surface area contributed by atoms with Crippen LogP contribution in [0.5, 0.6) is 0 Å². The standard InChI is InChI=1S/C22H32N4O3/c1-4-17(2)26-21(27)19-10-8-18(9-11-19)15-25-22(23-3)24-12-6-13-28-16-20-7-5-14-29-20/h5,7-11,14,17H,4,6,12-13,15-16H2,1-3H3,(H,26,27)(H2,23,24,25). The van der Waals surface area contributed by atoms with Gasteiger partial charge in [0.25, 0.3) is 5.91 Å². The van der Waals surface area contributed by atoms with Gasteiger partial charge in [-0.25, -0.2) is 0 Å². The highest BCUT2D eigenvalue weighted by molar-refractivity contribution is 5.94. The average molecular weight is 401 g/mol. The Kier molecular flexibility index (Phi) is 9.78. The van der Waals surface area contributed by atoms with Gasteiger partial charge in [0.1, 0.15) is 12.4 Å². The predicted octanol–water partition coefficient (Wildman–Crippen LogP) is 3.08. The predicted molar refractivity (Wildman–Crippen MR) is 115 cm³/mol. The fourth-order valence-corrected chi connectivity index (χ4v) is 2.54. The minimum absolute atomic E-state index is 0.0365. The zero-order valence-electron chi connectivity index (χ0n) is 17.5. The van der Waals surface area contributed by atoms with Crippen molar-refractivity contribution in [1.29, 1.82) is 0 Å². The van der Waals surface area contributed by atoms with Crippen molar-refractivity contribution < 1.29 is 13.9 Å². The van der Waals surface area contributed by atoms with Crippen LogP contribution in [0.4, 0.5) is 0 Å². The summed E-state index contributed by atoms with van der Waals surface area (Å²) in [6.45, 7) is 6.57. The van der Waals surface area contributed by atoms with E-state index in [0.29, 0.717) is 25.3 Å². The first-order valence-electron chi connectivity index (χ1n) is 10.1. The van der Waals surface area contributed by atoms with Crippen LogP contribution in [0, 0.1) is 0 Å². The number of hydrogen-bond acceptors (Lipinski definition) is 4. The summed E-state index contributed by atoms with van der Waals surface area (Å²) in [6.07, 6.45) is 3.42. The number of carbonyl (C=O) groups is 1. The number of aliphatic imine (C=N–C) groups is 1. The molecule has 1 amide bonds. The Morgan fingerprint density at radius 3 is 2.66 bits per heavy atom. The highest BCUT2D eigenvalue weighted by atomic mass is 16.5. The number of ether oxygens (including phenoxy) is 1. The molecular formula is C22H32N4O3. The van der Waals surface area contributed by atoms with E-state index in [1.807, 2.05) is 43.3 Å². The van der Waals surface area contributed by atoms with Gasteiger partial charge in [-0.05, 0) is 49.6 Å². The maximum Gasteiger partial charge on any atom is 0.251 e. The lowest BCUT2D eigenvalue weighted by Gasteiger charge is -2.13. The largest absolute Gasteiger partial charge is 0.467 e. The molecule has 0 fully saturated rings. The SMILES string of the molecule is CCC(C)NC(=O)c1ccc(CNC(=NC)NCCCOCc2ccco2)cc1. The fourth-order valence-electron chi connectivity index (χ4n) is 2.54. The first-order chi connectivity index (χ1) is 14.1. The summed E-state index contributed by atoms with van der Waals surface area (Å²) in [5, 5.41) is 9.50. The van der Waals surface area contributed by atoms with Crippen molar-refractivity contribution in [2.24, 2.45) is 4.99 Å². The maximum absolute atomic E-state index is 12.1. The van der Waals surface area contributed by atoms with Gasteiger partial charge < -0.3 is 25.1 Å². The quantitative estimate of drug-likeness (QED) is 0.306. The van der Waals surface area contributed by atoms with E-state index >= 15 is 0 Å². The smallest absolute Gasteiger partial charge is 0.251 e. The second-order valence-electron chi connectivity index (χ2n) is 6.82. The van der Waals surface area contributed by atoms with E-state index in [2.05, 4.69) is 27.9 Å². The van der Waals surface area contributed by atoms with Crippen molar-refractivity contribution in [2.45, 2.75) is 45.9 Å². The second kappa shape index (κ2) is 12.6. The maximum atomic E-state index is 12.1. The van der Waals surface area contributed by atoms with Crippen molar-refractivity contribution in [1.82, 2.24) is 16.0 Å². The molecule has 2 rings (SSSR count). The zero-order valence-corrected chi connectivity index (χ0v) is 17.5. The summed E-state index contributed by atoms with van der Waals surface area (Å²) in [5.41, 5.74) is 1.75. The minimum atomic E-state index is -0.0365. The molecule has 1 heterocycles. The van der Waals surface area contributed by atoms with Gasteiger partial charge in [0.2, 0.25) is 0 Å². The molecule has 0 radical (unpaired) electrons. The second-order valence-corrected chi connectivity index (χ2v) is 6.82. The molecule has 7 heteroatoms. The Labute approximate surface area is 172 Å². The van der Waals surface area contributed by atoms with Crippen LogP contribution < -0.4 is 16.0 Å². The van der Waals surface area contributed by atoms with E-state index in [0.717, 1.165) is 36.7 Å². The molecule has 158 valence electrons. The number of guanidine groups is 1. The Bertz CT molecular complexity index is 742. The van der Waals surface area contributed by atoms with E-state index < -0.39 is 0 Å². The Morgan fingerprint density at radius 2 is 2.00 bits per heavy atom. The van der Waals surface area contributed by atoms with Crippen LogP contribution in [0.1, 0.15) is 48.4 Å². The van der Waals surface area contributed by atoms with E-state index in [1.165, 1.54) is 0 Å². The number of hydrogen-bond donors (Lipinski definition) is 3. The Morgan fingerprint density at radius 1 is 1.21 bits per heavy atom. The lowest BCUT2D eigenvalue weighted by molar-refractivity contribution is 0.0939. The van der Waals surface area contributed by atoms with Crippen molar-refractivity contribution in [2.75, 3.05) is 20.2 Å². The lowest BCUT2D eigenvalue weighted by atomic mass is 10.1. The molecule has 0 spiro atoms. The van der Waals surface area contributed by atoms with Crippen LogP contribution in [0.15, 0.2) is 52.1 Å². The molecule has 1 aromatic heterocycles. The number of carbonyl (C=O) groups excluding carboxylic acids is 1. The van der Waals surface area contributed by atoms with Crippen LogP contribution in [0.25, 0.3) is 0 Å². The third-order valence-electron chi connectivity index (χ3n) is 4.47. The Balaban J connectivity index is 1.64. The van der Waals surface area contributed by atoms with Crippen molar-refractivity contribution in [3.8, 4) is 0 Å². The van der Waals surface area contributed by atoms with Gasteiger partial charge in [-0.15, -0.1) is 0 Å². The van der Waals surface area contributed by atoms with Gasteiger partial charge >= 0.3 is 0 Å². The van der Waals surface area contributed by atoms with Gasteiger partial charge in [-0.1, -0.05) is 19.1 Å². The first-order valence-corrected chi connectivity index (χ1v) is 10.1. The van der Waals surface area contributed by atoms with Gasteiger partial charge in [-0.2, -0.15) is 0 Å². The zero-order chi connectivity index (χ0) is 20.9. The van der Waals surface area contributed by atoms with Gasteiger partial charge in [0.05, 0.1) is 6.26 Å². The van der Waals surface area contributed by atoms with Crippen molar-refractivity contribution in [3.63, 3.8) is 0 Å². The van der Waals surface area contributed by atoms with Crippen LogP contribution in [0.3, 0.4) is 0 Å². The normalized spacial score (nSPS) is 12.4. The molecule has 0 aliphatic rings. The molecular weight excluding hydrogens is 368 g/mol. The van der Waals surface area contributed by atoms with Gasteiger partial charge in [0, 0.05) is 38.3 Å². The number of benzene rings is 1. The third-order valence-corrected chi connectivity index (χ3v) is 4.47. The number of nitrogens with zero attached hydrogens (tertiary/aromatic N) is 1. The van der Waals surface area contributed by atoms with E-state index in [1.54, 1.807) is 13.3 Å². The Hall–Kier alpha value is -2.80. The van der Waals surface area contributed by atoms with Gasteiger partial charge in [-0.3, -0.25) is 9.79 Å². The number of furan rings is 1. The fraction of sp³-hybridized carbons (Fsp3) is 0.455. The molecule has 1 aromatic carbocycles. The molecule has 2 aromatic rings. The van der Waals surface area contributed by atoms with Crippen LogP contribution in [-0.4, -0.2) is 38.1 Å². The summed E-state index contributed by atoms with van der Waals surface area (Å²) >= 11 is 0. The molecule has 0 bridgehead atoms. The molecule has 1 atom stereocenters. The molecule has 0 saturated carbocycles. The molecule has 3 N–H and O–H groups in total. The average Bonchev–Trinajstić information content (AvgIpc) is 3.26. The third kappa shape index (κ3) is 8.39. The summed E-state index contributed by atoms with van der Waals surface area (Å²) in [6, 6.07) is 11.5. The van der Waals surface area contributed by atoms with Crippen molar-refractivity contribution >= 4 is 11.9 Å². The highest BCUT2D eigenvalue weighted by Crippen LogP contribution is 2.05. The van der Waals surface area contributed by atoms with Gasteiger partial charge in [0.15, 0.2) is 5.96 Å². The topological polar surface area (TPSA) is 87.9 Å². The van der Waals surface area contributed by atoms with Crippen LogP contribution in [0.2, 0.25) is 0 Å². The summed E-state index contributed by atoms with van der Waals surface area (Å²) in [4.78, 5) is 16.4. The monoisotopic (exact) mass is 400 g/mol. The highest BCUT2D eigenvalue weighted by Gasteiger charge is 2.08. The molecule has 0 saturated heterocycles. The summed E-state index contributed by atoms with van der Waals surface area (Å²) in [7, 11) is 1.74. The van der Waals surface area contributed by atoms with E-state index in [9.17, 15) is 4.79 Å². The molecule has 7 nitrogen and oxygen atoms in total. The molecule has 0 aliphatic carbocycles. The first kappa shape index (κ1) is 22.5. The number of amides is 1. The van der Waals surface area contributed by atoms with E-state index in [4.69, 9.17) is 9.15 Å². The lowest BCUT2D eigenvalue weighted by Crippen LogP contribution is -2.37. The number of nitrogens with one attached hydrogen (secondary N) is 3. The molecule has 0 aliphatic heterocycles. The van der Waals surface area contributed by atoms with Crippen LogP contribution >= 0.6 is 0 Å². The molecule has 1 unspecified atom stereocenters. The minimum Gasteiger partial charge on any atom is -0.467 e. The summed E-state index contributed by atoms with van der Waals surface area (Å²) in [5.74, 6) is 1.53.